The van der Waals surface area contributed by atoms with Crippen LogP contribution >= 0.6 is 0 Å². The summed E-state index contributed by atoms with van der Waals surface area (Å²) in [5.74, 6) is 2.58. The number of rotatable bonds is 7. The van der Waals surface area contributed by atoms with Crippen molar-refractivity contribution in [3.8, 4) is 11.4 Å². The van der Waals surface area contributed by atoms with Crippen molar-refractivity contribution in [1.29, 1.82) is 0 Å². The molecule has 0 saturated heterocycles. The summed E-state index contributed by atoms with van der Waals surface area (Å²) in [5, 5.41) is 10.2. The average molecular weight is 490 g/mol. The number of nitrogens with zero attached hydrogens (tertiary/aromatic N) is 5. The Balaban J connectivity index is 1.61. The van der Waals surface area contributed by atoms with Gasteiger partial charge in [-0.05, 0) is 73.2 Å². The average Bonchev–Trinajstić information content (AvgIpc) is 3.47. The van der Waals surface area contributed by atoms with Crippen molar-refractivity contribution in [3.63, 3.8) is 0 Å². The number of hydrogen-bond donors (Lipinski definition) is 0. The molecule has 0 bridgehead atoms. The smallest absolute Gasteiger partial charge is 0.161 e. The molecule has 188 valence electrons. The van der Waals surface area contributed by atoms with E-state index in [1.807, 2.05) is 27.6 Å². The third-order valence-electron chi connectivity index (χ3n) is 6.78. The molecule has 5 aromatic rings. The van der Waals surface area contributed by atoms with Gasteiger partial charge < -0.3 is 0 Å². The molecular weight excluding hydrogens is 454 g/mol. The van der Waals surface area contributed by atoms with E-state index in [4.69, 9.17) is 10.2 Å². The minimum absolute atomic E-state index is 0.456. The second-order valence-corrected chi connectivity index (χ2v) is 10.3. The third kappa shape index (κ3) is 4.94. The molecule has 2 aromatic heterocycles. The molecule has 5 nitrogen and oxygen atoms in total. The van der Waals surface area contributed by atoms with Crippen molar-refractivity contribution >= 4 is 17.3 Å². The first kappa shape index (κ1) is 24.6. The van der Waals surface area contributed by atoms with Crippen LogP contribution in [0, 0.1) is 13.8 Å². The lowest BCUT2D eigenvalue weighted by atomic mass is 10.0. The highest BCUT2D eigenvalue weighted by Crippen LogP contribution is 2.35. The maximum atomic E-state index is 5.08. The van der Waals surface area contributed by atoms with Crippen molar-refractivity contribution in [3.05, 3.63) is 114 Å². The molecule has 0 atom stereocenters. The summed E-state index contributed by atoms with van der Waals surface area (Å²) >= 11 is 0. The molecule has 5 rings (SSSR count). The zero-order valence-electron chi connectivity index (χ0n) is 22.6. The minimum Gasteiger partial charge on any atom is -0.276 e. The van der Waals surface area contributed by atoms with E-state index in [2.05, 4.69) is 119 Å². The largest absolute Gasteiger partial charge is 0.276 e. The number of aromatic nitrogens is 4. The highest BCUT2D eigenvalue weighted by atomic mass is 15.4. The van der Waals surface area contributed by atoms with E-state index in [-0.39, 0.29) is 0 Å². The fourth-order valence-corrected chi connectivity index (χ4v) is 4.65. The topological polar surface area (TPSA) is 38.9 Å². The Labute approximate surface area is 220 Å². The highest BCUT2D eigenvalue weighted by molar-refractivity contribution is 5.72. The predicted molar refractivity (Wildman–Crippen MR) is 153 cm³/mol. The fraction of sp³-hybridized carbons (Fsp3) is 0.250. The van der Waals surface area contributed by atoms with Gasteiger partial charge in [0.1, 0.15) is 0 Å². The standard InChI is InChI=1S/C32H35N5/c1-22(2)26-12-10-16-29(20-26)36-24(5)18-31(33-36)35(28-14-8-7-9-15-28)32-19-25(6)37(34-32)30-17-11-13-27(21-30)23(3)4/h7-23H,1-6H3. The van der Waals surface area contributed by atoms with Crippen LogP contribution in [0.3, 0.4) is 0 Å². The molecule has 2 heterocycles. The van der Waals surface area contributed by atoms with Crippen molar-refractivity contribution in [2.24, 2.45) is 0 Å². The van der Waals surface area contributed by atoms with Gasteiger partial charge in [0.15, 0.2) is 11.6 Å². The monoisotopic (exact) mass is 489 g/mol. The van der Waals surface area contributed by atoms with Gasteiger partial charge in [-0.25, -0.2) is 9.36 Å². The van der Waals surface area contributed by atoms with Gasteiger partial charge in [-0.15, -0.1) is 10.2 Å². The normalized spacial score (nSPS) is 11.5. The predicted octanol–water partition coefficient (Wildman–Crippen LogP) is 8.39. The molecule has 0 aliphatic carbocycles. The maximum Gasteiger partial charge on any atom is 0.161 e. The second-order valence-electron chi connectivity index (χ2n) is 10.3. The van der Waals surface area contributed by atoms with Gasteiger partial charge in [0.05, 0.1) is 11.4 Å². The van der Waals surface area contributed by atoms with Gasteiger partial charge in [0.2, 0.25) is 0 Å². The Hall–Kier alpha value is -4.12. The lowest BCUT2D eigenvalue weighted by Crippen LogP contribution is -2.12. The Bertz CT molecular complexity index is 1410. The molecule has 5 heteroatoms. The molecule has 0 N–H and O–H groups in total. The van der Waals surface area contributed by atoms with Crippen molar-refractivity contribution in [1.82, 2.24) is 19.6 Å². The summed E-state index contributed by atoms with van der Waals surface area (Å²) in [6, 6.07) is 31.8. The van der Waals surface area contributed by atoms with Crippen LogP contribution in [0.2, 0.25) is 0 Å². The first-order valence-electron chi connectivity index (χ1n) is 13.0. The van der Waals surface area contributed by atoms with Crippen LogP contribution in [0.15, 0.2) is 91.0 Å². The van der Waals surface area contributed by atoms with Gasteiger partial charge in [-0.2, -0.15) is 0 Å². The molecule has 0 spiro atoms. The third-order valence-corrected chi connectivity index (χ3v) is 6.78. The molecule has 37 heavy (non-hydrogen) atoms. The quantitative estimate of drug-likeness (QED) is 0.230. The summed E-state index contributed by atoms with van der Waals surface area (Å²) in [4.78, 5) is 2.13. The van der Waals surface area contributed by atoms with Crippen molar-refractivity contribution in [2.75, 3.05) is 4.90 Å². The van der Waals surface area contributed by atoms with Gasteiger partial charge in [0.25, 0.3) is 0 Å². The summed E-state index contributed by atoms with van der Waals surface area (Å²) < 4.78 is 4.04. The highest BCUT2D eigenvalue weighted by Gasteiger charge is 2.21. The molecular formula is C32H35N5. The van der Waals surface area contributed by atoms with E-state index in [9.17, 15) is 0 Å². The molecule has 0 aliphatic rings. The Morgan fingerprint density at radius 1 is 0.568 bits per heavy atom. The van der Waals surface area contributed by atoms with Crippen LogP contribution in [0.4, 0.5) is 17.3 Å². The first-order valence-corrected chi connectivity index (χ1v) is 13.0. The van der Waals surface area contributed by atoms with E-state index in [1.165, 1.54) is 11.1 Å². The lowest BCUT2D eigenvalue weighted by Gasteiger charge is -2.20. The van der Waals surface area contributed by atoms with Crippen LogP contribution in [0.1, 0.15) is 62.0 Å². The molecule has 0 aliphatic heterocycles. The number of benzene rings is 3. The number of para-hydroxylation sites is 1. The van der Waals surface area contributed by atoms with Gasteiger partial charge in [-0.1, -0.05) is 70.2 Å². The zero-order chi connectivity index (χ0) is 26.1. The van der Waals surface area contributed by atoms with Gasteiger partial charge in [-0.3, -0.25) is 4.90 Å². The van der Waals surface area contributed by atoms with E-state index in [1.54, 1.807) is 0 Å². The number of aryl methyl sites for hydroxylation is 2. The van der Waals surface area contributed by atoms with E-state index in [0.717, 1.165) is 40.1 Å². The first-order chi connectivity index (χ1) is 17.8. The molecule has 0 saturated carbocycles. The second kappa shape index (κ2) is 10.1. The molecule has 0 amide bonds. The maximum absolute atomic E-state index is 5.08. The Morgan fingerprint density at radius 3 is 1.46 bits per heavy atom. The van der Waals surface area contributed by atoms with E-state index in [0.29, 0.717) is 11.8 Å². The fourth-order valence-electron chi connectivity index (χ4n) is 4.65. The van der Waals surface area contributed by atoms with Crippen LogP contribution < -0.4 is 4.90 Å². The summed E-state index contributed by atoms with van der Waals surface area (Å²) in [6.45, 7) is 13.1. The summed E-state index contributed by atoms with van der Waals surface area (Å²) in [7, 11) is 0. The molecule has 0 fully saturated rings. The molecule has 0 unspecified atom stereocenters. The van der Waals surface area contributed by atoms with Crippen LogP contribution in [-0.4, -0.2) is 19.6 Å². The minimum atomic E-state index is 0.456. The number of hydrogen-bond acceptors (Lipinski definition) is 3. The van der Waals surface area contributed by atoms with Gasteiger partial charge in [0, 0.05) is 29.2 Å². The Morgan fingerprint density at radius 2 is 1.03 bits per heavy atom. The van der Waals surface area contributed by atoms with Crippen LogP contribution in [-0.2, 0) is 0 Å². The van der Waals surface area contributed by atoms with Crippen molar-refractivity contribution < 1.29 is 0 Å². The van der Waals surface area contributed by atoms with Gasteiger partial charge >= 0.3 is 0 Å². The van der Waals surface area contributed by atoms with E-state index >= 15 is 0 Å². The summed E-state index contributed by atoms with van der Waals surface area (Å²) in [6.07, 6.45) is 0. The molecule has 3 aromatic carbocycles. The number of anilines is 3. The van der Waals surface area contributed by atoms with Crippen LogP contribution in [0.25, 0.3) is 11.4 Å². The SMILES string of the molecule is Cc1cc(N(c2ccccc2)c2cc(C)n(-c3cccc(C(C)C)c3)n2)nn1-c1cccc(C(C)C)c1. The van der Waals surface area contributed by atoms with Crippen LogP contribution in [0.5, 0.6) is 0 Å². The molecule has 0 radical (unpaired) electrons. The van der Waals surface area contributed by atoms with Crippen molar-refractivity contribution in [2.45, 2.75) is 53.4 Å². The van der Waals surface area contributed by atoms with E-state index < -0.39 is 0 Å². The Kier molecular flexibility index (Phi) is 6.70. The summed E-state index contributed by atoms with van der Waals surface area (Å²) in [5.41, 5.74) is 7.88. The lowest BCUT2D eigenvalue weighted by molar-refractivity contribution is 0.817. The zero-order valence-corrected chi connectivity index (χ0v) is 22.6.